The van der Waals surface area contributed by atoms with E-state index in [1.807, 2.05) is 0 Å². The maximum absolute atomic E-state index is 12.7. The fourth-order valence-corrected chi connectivity index (χ4v) is 4.82. The summed E-state index contributed by atoms with van der Waals surface area (Å²) in [7, 11) is -3.56. The molecule has 0 bridgehead atoms. The first kappa shape index (κ1) is 15.8. The standard InChI is InChI=1S/C13H19BrN2O3S/c14-10-5-6-13(12(15)9-10)20(18,19)16-7-1-3-11(16)4-2-8-17/h5-6,9,11,17H,1-4,7-8,15H2. The Morgan fingerprint density at radius 1 is 1.45 bits per heavy atom. The summed E-state index contributed by atoms with van der Waals surface area (Å²) >= 11 is 3.28. The second kappa shape index (κ2) is 6.43. The van der Waals surface area contributed by atoms with Gasteiger partial charge in [0.05, 0.1) is 5.69 Å². The third-order valence-corrected chi connectivity index (χ3v) is 6.10. The van der Waals surface area contributed by atoms with Crippen molar-refractivity contribution in [3.63, 3.8) is 0 Å². The van der Waals surface area contributed by atoms with E-state index in [1.54, 1.807) is 12.1 Å². The second-order valence-electron chi connectivity index (χ2n) is 4.96. The minimum atomic E-state index is -3.56. The molecule has 1 aliphatic heterocycles. The zero-order valence-corrected chi connectivity index (χ0v) is 13.5. The molecular weight excluding hydrogens is 344 g/mol. The van der Waals surface area contributed by atoms with E-state index in [-0.39, 0.29) is 23.2 Å². The molecule has 1 unspecified atom stereocenters. The first-order chi connectivity index (χ1) is 9.46. The average Bonchev–Trinajstić information content (AvgIpc) is 2.84. The van der Waals surface area contributed by atoms with Crippen molar-refractivity contribution < 1.29 is 13.5 Å². The van der Waals surface area contributed by atoms with Crippen LogP contribution < -0.4 is 5.73 Å². The number of nitrogens with zero attached hydrogens (tertiary/aromatic N) is 1. The Morgan fingerprint density at radius 2 is 2.20 bits per heavy atom. The van der Waals surface area contributed by atoms with E-state index in [9.17, 15) is 8.42 Å². The maximum Gasteiger partial charge on any atom is 0.245 e. The third-order valence-electron chi connectivity index (χ3n) is 3.58. The van der Waals surface area contributed by atoms with E-state index in [4.69, 9.17) is 10.8 Å². The number of hydrogen-bond donors (Lipinski definition) is 2. The van der Waals surface area contributed by atoms with Crippen molar-refractivity contribution in [2.75, 3.05) is 18.9 Å². The number of sulfonamides is 1. The van der Waals surface area contributed by atoms with Crippen molar-refractivity contribution in [3.05, 3.63) is 22.7 Å². The molecule has 1 heterocycles. The highest BCUT2D eigenvalue weighted by atomic mass is 79.9. The van der Waals surface area contributed by atoms with Crippen molar-refractivity contribution in [1.82, 2.24) is 4.31 Å². The van der Waals surface area contributed by atoms with Crippen molar-refractivity contribution in [1.29, 1.82) is 0 Å². The van der Waals surface area contributed by atoms with Gasteiger partial charge in [0, 0.05) is 23.7 Å². The normalized spacial score (nSPS) is 20.4. The monoisotopic (exact) mass is 362 g/mol. The van der Waals surface area contributed by atoms with E-state index in [1.165, 1.54) is 10.4 Å². The molecule has 5 nitrogen and oxygen atoms in total. The number of nitrogens with two attached hydrogens (primary N) is 1. The van der Waals surface area contributed by atoms with Gasteiger partial charge >= 0.3 is 0 Å². The molecule has 0 spiro atoms. The van der Waals surface area contributed by atoms with Gasteiger partial charge in [0.15, 0.2) is 0 Å². The fourth-order valence-electron chi connectivity index (χ4n) is 2.62. The minimum absolute atomic E-state index is 0.0322. The van der Waals surface area contributed by atoms with Gasteiger partial charge in [-0.15, -0.1) is 0 Å². The highest BCUT2D eigenvalue weighted by molar-refractivity contribution is 9.10. The summed E-state index contributed by atoms with van der Waals surface area (Å²) in [4.78, 5) is 0.164. The van der Waals surface area contributed by atoms with Crippen molar-refractivity contribution >= 4 is 31.6 Å². The summed E-state index contributed by atoms with van der Waals surface area (Å²) in [6.45, 7) is 0.610. The summed E-state index contributed by atoms with van der Waals surface area (Å²) in [5, 5.41) is 8.91. The van der Waals surface area contributed by atoms with Gasteiger partial charge in [-0.1, -0.05) is 15.9 Å². The SMILES string of the molecule is Nc1cc(Br)ccc1S(=O)(=O)N1CCCC1CCCO. The highest BCUT2D eigenvalue weighted by Crippen LogP contribution is 2.32. The number of rotatable bonds is 5. The summed E-state index contributed by atoms with van der Waals surface area (Å²) in [5.74, 6) is 0. The van der Waals surface area contributed by atoms with Gasteiger partial charge in [-0.3, -0.25) is 0 Å². The molecule has 1 aromatic rings. The van der Waals surface area contributed by atoms with Crippen LogP contribution in [0.25, 0.3) is 0 Å². The lowest BCUT2D eigenvalue weighted by Gasteiger charge is -2.24. The Kier molecular flexibility index (Phi) is 5.06. The average molecular weight is 363 g/mol. The molecule has 7 heteroatoms. The summed E-state index contributed by atoms with van der Waals surface area (Å²) in [6, 6.07) is 4.79. The van der Waals surface area contributed by atoms with Crippen LogP contribution >= 0.6 is 15.9 Å². The molecule has 20 heavy (non-hydrogen) atoms. The second-order valence-corrected chi connectivity index (χ2v) is 7.73. The molecule has 3 N–H and O–H groups in total. The number of anilines is 1. The summed E-state index contributed by atoms with van der Waals surface area (Å²) in [6.07, 6.45) is 3.00. The third kappa shape index (κ3) is 3.16. The Labute approximate surface area is 128 Å². The molecule has 1 atom stereocenters. The van der Waals surface area contributed by atoms with Crippen molar-refractivity contribution in [2.24, 2.45) is 0 Å². The molecular formula is C13H19BrN2O3S. The van der Waals surface area contributed by atoms with E-state index >= 15 is 0 Å². The number of benzene rings is 1. The van der Waals surface area contributed by atoms with Crippen LogP contribution in [0.3, 0.4) is 0 Å². The molecule has 0 saturated carbocycles. The largest absolute Gasteiger partial charge is 0.398 e. The number of aliphatic hydroxyl groups is 1. The summed E-state index contributed by atoms with van der Waals surface area (Å²) < 4.78 is 27.7. The van der Waals surface area contributed by atoms with Crippen LogP contribution in [0.1, 0.15) is 25.7 Å². The lowest BCUT2D eigenvalue weighted by atomic mass is 10.1. The number of halogens is 1. The van der Waals surface area contributed by atoms with Crippen LogP contribution in [0, 0.1) is 0 Å². The predicted molar refractivity (Wildman–Crippen MR) is 81.8 cm³/mol. The first-order valence-corrected chi connectivity index (χ1v) is 8.88. The van der Waals surface area contributed by atoms with Crippen LogP contribution in [0.2, 0.25) is 0 Å². The molecule has 1 saturated heterocycles. The van der Waals surface area contributed by atoms with Crippen molar-refractivity contribution in [2.45, 2.75) is 36.6 Å². The Bertz CT molecular complexity index is 577. The molecule has 1 fully saturated rings. The van der Waals surface area contributed by atoms with Crippen LogP contribution in [-0.2, 0) is 10.0 Å². The number of aliphatic hydroxyl groups excluding tert-OH is 1. The fraction of sp³-hybridized carbons (Fsp3) is 0.538. The first-order valence-electron chi connectivity index (χ1n) is 6.64. The lowest BCUT2D eigenvalue weighted by Crippen LogP contribution is -2.36. The van der Waals surface area contributed by atoms with Gasteiger partial charge in [-0.2, -0.15) is 4.31 Å². The lowest BCUT2D eigenvalue weighted by molar-refractivity contribution is 0.264. The van der Waals surface area contributed by atoms with Crippen LogP contribution in [-0.4, -0.2) is 37.0 Å². The topological polar surface area (TPSA) is 83.6 Å². The van der Waals surface area contributed by atoms with Gasteiger partial charge in [0.25, 0.3) is 0 Å². The molecule has 0 aliphatic carbocycles. The van der Waals surface area contributed by atoms with Gasteiger partial charge in [0.1, 0.15) is 4.90 Å². The molecule has 0 radical (unpaired) electrons. The van der Waals surface area contributed by atoms with Gasteiger partial charge < -0.3 is 10.8 Å². The maximum atomic E-state index is 12.7. The van der Waals surface area contributed by atoms with E-state index in [0.29, 0.717) is 19.4 Å². The summed E-state index contributed by atoms with van der Waals surface area (Å²) in [5.41, 5.74) is 6.10. The Morgan fingerprint density at radius 3 is 2.85 bits per heavy atom. The van der Waals surface area contributed by atoms with Crippen molar-refractivity contribution in [3.8, 4) is 0 Å². The molecule has 0 amide bonds. The van der Waals surface area contributed by atoms with Crippen LogP contribution in [0.4, 0.5) is 5.69 Å². The van der Waals surface area contributed by atoms with Gasteiger partial charge in [0.2, 0.25) is 10.0 Å². The minimum Gasteiger partial charge on any atom is -0.398 e. The predicted octanol–water partition coefficient (Wildman–Crippen LogP) is 1.96. The Hall–Kier alpha value is -0.630. The zero-order chi connectivity index (χ0) is 14.8. The Balaban J connectivity index is 2.29. The van der Waals surface area contributed by atoms with E-state index in [0.717, 1.165) is 17.3 Å². The molecule has 0 aromatic heterocycles. The molecule has 112 valence electrons. The zero-order valence-electron chi connectivity index (χ0n) is 11.1. The van der Waals surface area contributed by atoms with Crippen LogP contribution in [0.5, 0.6) is 0 Å². The molecule has 2 rings (SSSR count). The molecule has 1 aromatic carbocycles. The smallest absolute Gasteiger partial charge is 0.245 e. The van der Waals surface area contributed by atoms with E-state index in [2.05, 4.69) is 15.9 Å². The number of hydrogen-bond acceptors (Lipinski definition) is 4. The van der Waals surface area contributed by atoms with E-state index < -0.39 is 10.0 Å². The van der Waals surface area contributed by atoms with Gasteiger partial charge in [-0.05, 0) is 43.9 Å². The van der Waals surface area contributed by atoms with Crippen LogP contribution in [0.15, 0.2) is 27.6 Å². The quantitative estimate of drug-likeness (QED) is 0.784. The molecule has 1 aliphatic rings. The van der Waals surface area contributed by atoms with Gasteiger partial charge in [-0.25, -0.2) is 8.42 Å². The highest BCUT2D eigenvalue weighted by Gasteiger charge is 2.35. The number of nitrogen functional groups attached to an aromatic ring is 1.